The molecule has 2 aromatic carbocycles. The number of ether oxygens (including phenoxy) is 1. The van der Waals surface area contributed by atoms with Gasteiger partial charge in [0.1, 0.15) is 29.5 Å². The largest absolute Gasteiger partial charge is 0.522 e. The molecular weight excluding hydrogens is 460 g/mol. The molecular formula is C23H22F8O2. The molecule has 3 unspecified atom stereocenters. The summed E-state index contributed by atoms with van der Waals surface area (Å²) in [6, 6.07) is 7.07. The maximum Gasteiger partial charge on any atom is 0.522 e. The monoisotopic (exact) mass is 482 g/mol. The van der Waals surface area contributed by atoms with Crippen molar-refractivity contribution in [3.05, 3.63) is 59.2 Å². The Morgan fingerprint density at radius 1 is 1.00 bits per heavy atom. The normalized spacial score (nSPS) is 20.7. The fourth-order valence-electron chi connectivity index (χ4n) is 3.42. The second kappa shape index (κ2) is 11.6. The van der Waals surface area contributed by atoms with E-state index in [-0.39, 0.29) is 18.4 Å². The summed E-state index contributed by atoms with van der Waals surface area (Å²) in [4.78, 5) is 10.5. The molecule has 3 atom stereocenters. The average Bonchev–Trinajstić information content (AvgIpc) is 2.70. The zero-order valence-corrected chi connectivity index (χ0v) is 17.6. The summed E-state index contributed by atoms with van der Waals surface area (Å²) in [7, 11) is 0. The SMILES string of the molecule is CCCc1ccc(-c2cc(F)c(C(=O)F)c(F)c2)cc1.FC1CCC(OC(F)(F)F)C(F)C1. The van der Waals surface area contributed by atoms with Crippen molar-refractivity contribution in [2.24, 2.45) is 0 Å². The van der Waals surface area contributed by atoms with Gasteiger partial charge in [0.2, 0.25) is 0 Å². The van der Waals surface area contributed by atoms with E-state index in [0.717, 1.165) is 30.5 Å². The van der Waals surface area contributed by atoms with Gasteiger partial charge in [-0.1, -0.05) is 37.6 Å². The van der Waals surface area contributed by atoms with Crippen molar-refractivity contribution in [3.63, 3.8) is 0 Å². The van der Waals surface area contributed by atoms with Gasteiger partial charge < -0.3 is 0 Å². The van der Waals surface area contributed by atoms with Crippen molar-refractivity contribution in [1.29, 1.82) is 0 Å². The number of alkyl halides is 5. The first-order valence-electron chi connectivity index (χ1n) is 10.2. The molecule has 0 aliphatic heterocycles. The third-order valence-electron chi connectivity index (χ3n) is 5.00. The number of hydrogen-bond acceptors (Lipinski definition) is 2. The topological polar surface area (TPSA) is 26.3 Å². The lowest BCUT2D eigenvalue weighted by molar-refractivity contribution is -0.351. The third-order valence-corrected chi connectivity index (χ3v) is 5.00. The molecule has 0 N–H and O–H groups in total. The number of halogens is 8. The Balaban J connectivity index is 0.000000257. The van der Waals surface area contributed by atoms with Crippen LogP contribution >= 0.6 is 0 Å². The highest BCUT2D eigenvalue weighted by molar-refractivity contribution is 5.89. The van der Waals surface area contributed by atoms with Gasteiger partial charge in [-0.05, 0) is 48.1 Å². The first-order valence-corrected chi connectivity index (χ1v) is 10.2. The number of benzene rings is 2. The Kier molecular flexibility index (Phi) is 9.39. The Bertz CT molecular complexity index is 904. The molecule has 182 valence electrons. The van der Waals surface area contributed by atoms with Crippen LogP contribution in [0.25, 0.3) is 11.1 Å². The molecule has 0 aromatic heterocycles. The van der Waals surface area contributed by atoms with Crippen LogP contribution < -0.4 is 0 Å². The molecule has 0 heterocycles. The molecule has 10 heteroatoms. The molecule has 0 saturated heterocycles. The maximum atomic E-state index is 13.5. The van der Waals surface area contributed by atoms with Gasteiger partial charge in [-0.25, -0.2) is 17.6 Å². The number of carbonyl (C=O) groups is 1. The third kappa shape index (κ3) is 8.10. The minimum absolute atomic E-state index is 0.0683. The van der Waals surface area contributed by atoms with E-state index in [1.807, 2.05) is 12.1 Å². The lowest BCUT2D eigenvalue weighted by atomic mass is 9.94. The van der Waals surface area contributed by atoms with E-state index in [0.29, 0.717) is 5.56 Å². The molecule has 1 aliphatic rings. The Labute approximate surface area is 185 Å². The molecule has 0 spiro atoms. The van der Waals surface area contributed by atoms with Crippen LogP contribution in [0.5, 0.6) is 0 Å². The molecule has 1 fully saturated rings. The van der Waals surface area contributed by atoms with E-state index < -0.39 is 54.5 Å². The van der Waals surface area contributed by atoms with E-state index in [9.17, 15) is 39.9 Å². The second-order valence-corrected chi connectivity index (χ2v) is 7.56. The van der Waals surface area contributed by atoms with Crippen LogP contribution in [0.2, 0.25) is 0 Å². The van der Waals surface area contributed by atoms with Crippen LogP contribution in [0.15, 0.2) is 36.4 Å². The fraction of sp³-hybridized carbons (Fsp3) is 0.435. The van der Waals surface area contributed by atoms with Crippen LogP contribution in [0.1, 0.15) is 48.5 Å². The predicted octanol–water partition coefficient (Wildman–Crippen LogP) is 7.45. The van der Waals surface area contributed by atoms with Crippen LogP contribution in [-0.4, -0.2) is 30.8 Å². The minimum Gasteiger partial charge on any atom is -0.286 e. The summed E-state index contributed by atoms with van der Waals surface area (Å²) >= 11 is 0. The fourth-order valence-corrected chi connectivity index (χ4v) is 3.42. The summed E-state index contributed by atoms with van der Waals surface area (Å²) in [5, 5.41) is 0. The first-order chi connectivity index (χ1) is 15.4. The van der Waals surface area contributed by atoms with E-state index >= 15 is 0 Å². The van der Waals surface area contributed by atoms with Gasteiger partial charge in [-0.15, -0.1) is 13.2 Å². The van der Waals surface area contributed by atoms with E-state index in [1.165, 1.54) is 0 Å². The van der Waals surface area contributed by atoms with E-state index in [4.69, 9.17) is 0 Å². The van der Waals surface area contributed by atoms with Crippen molar-refractivity contribution in [3.8, 4) is 11.1 Å². The van der Waals surface area contributed by atoms with Gasteiger partial charge in [0.05, 0.1) is 6.10 Å². The summed E-state index contributed by atoms with van der Waals surface area (Å²) < 4.78 is 103. The minimum atomic E-state index is -4.84. The predicted molar refractivity (Wildman–Crippen MR) is 106 cm³/mol. The van der Waals surface area contributed by atoms with Crippen molar-refractivity contribution in [2.45, 2.75) is 63.8 Å². The van der Waals surface area contributed by atoms with E-state index in [2.05, 4.69) is 11.7 Å². The van der Waals surface area contributed by atoms with Crippen molar-refractivity contribution in [1.82, 2.24) is 0 Å². The average molecular weight is 482 g/mol. The first kappa shape index (κ1) is 26.8. The number of aryl methyl sites for hydroxylation is 1. The highest BCUT2D eigenvalue weighted by Gasteiger charge is 2.40. The molecule has 1 aliphatic carbocycles. The Morgan fingerprint density at radius 3 is 2.03 bits per heavy atom. The maximum absolute atomic E-state index is 13.5. The smallest absolute Gasteiger partial charge is 0.286 e. The van der Waals surface area contributed by atoms with Crippen molar-refractivity contribution >= 4 is 6.04 Å². The molecule has 1 saturated carbocycles. The molecule has 2 nitrogen and oxygen atoms in total. The highest BCUT2D eigenvalue weighted by Crippen LogP contribution is 2.31. The van der Waals surface area contributed by atoms with Gasteiger partial charge in [0, 0.05) is 6.42 Å². The molecule has 0 radical (unpaired) electrons. The van der Waals surface area contributed by atoms with Crippen LogP contribution in [0.4, 0.5) is 35.1 Å². The van der Waals surface area contributed by atoms with Crippen molar-refractivity contribution < 1.29 is 44.7 Å². The highest BCUT2D eigenvalue weighted by atomic mass is 19.4. The molecule has 2 aromatic rings. The van der Waals surface area contributed by atoms with Crippen LogP contribution in [0, 0.1) is 11.6 Å². The quantitative estimate of drug-likeness (QED) is 0.327. The molecule has 3 rings (SSSR count). The van der Waals surface area contributed by atoms with Gasteiger partial charge >= 0.3 is 12.4 Å². The summed E-state index contributed by atoms with van der Waals surface area (Å²) in [5.41, 5.74) is 0.873. The number of carbonyl (C=O) groups excluding carboxylic acids is 1. The summed E-state index contributed by atoms with van der Waals surface area (Å²) in [6.45, 7) is 2.06. The lowest BCUT2D eigenvalue weighted by Crippen LogP contribution is -2.37. The summed E-state index contributed by atoms with van der Waals surface area (Å²) in [5.74, 6) is -2.38. The lowest BCUT2D eigenvalue weighted by Gasteiger charge is -2.28. The van der Waals surface area contributed by atoms with Gasteiger partial charge in [-0.3, -0.25) is 9.53 Å². The van der Waals surface area contributed by atoms with E-state index in [1.54, 1.807) is 12.1 Å². The van der Waals surface area contributed by atoms with Gasteiger partial charge in [-0.2, -0.15) is 4.39 Å². The zero-order chi connectivity index (χ0) is 24.8. The molecule has 0 bridgehead atoms. The van der Waals surface area contributed by atoms with Crippen LogP contribution in [-0.2, 0) is 11.2 Å². The standard InChI is InChI=1S/C16H13F3O.C7H9F5O/c1-2-3-10-4-6-11(7-5-10)12-8-13(17)15(16(19)20)14(18)9-12;8-4-1-2-6(5(9)3-4)13-7(10,11)12/h4-9H,2-3H2,1H3;4-6H,1-3H2. The Morgan fingerprint density at radius 2 is 1.58 bits per heavy atom. The number of hydrogen-bond donors (Lipinski definition) is 0. The molecule has 33 heavy (non-hydrogen) atoms. The van der Waals surface area contributed by atoms with Gasteiger partial charge in [0.15, 0.2) is 0 Å². The van der Waals surface area contributed by atoms with Gasteiger partial charge in [0.25, 0.3) is 0 Å². The zero-order valence-electron chi connectivity index (χ0n) is 17.6. The molecule has 0 amide bonds. The number of rotatable bonds is 5. The summed E-state index contributed by atoms with van der Waals surface area (Å²) in [6.07, 6.45) is -8.42. The van der Waals surface area contributed by atoms with Crippen LogP contribution in [0.3, 0.4) is 0 Å². The Hall–Kier alpha value is -2.49. The second-order valence-electron chi connectivity index (χ2n) is 7.56. The van der Waals surface area contributed by atoms with Crippen molar-refractivity contribution in [2.75, 3.05) is 0 Å².